The molecule has 2 N–H and O–H groups in total. The van der Waals surface area contributed by atoms with Crippen molar-refractivity contribution in [2.24, 2.45) is 11.7 Å². The summed E-state index contributed by atoms with van der Waals surface area (Å²) in [7, 11) is 0. The van der Waals surface area contributed by atoms with Crippen molar-refractivity contribution < 1.29 is 14.0 Å². The monoisotopic (exact) mass is 383 g/mol. The van der Waals surface area contributed by atoms with Crippen LogP contribution < -0.4 is 10.6 Å². The predicted molar refractivity (Wildman–Crippen MR) is 98.4 cm³/mol. The minimum absolute atomic E-state index is 0.0109. The van der Waals surface area contributed by atoms with Crippen molar-refractivity contribution in [1.29, 1.82) is 5.26 Å². The molecule has 4 aliphatic rings. The average molecular weight is 383 g/mol. The van der Waals surface area contributed by atoms with E-state index in [0.717, 1.165) is 12.8 Å². The third kappa shape index (κ3) is 2.61. The molecule has 1 saturated carbocycles. The molecule has 4 unspecified atom stereocenters. The number of carbonyl (C=O) groups excluding carboxylic acids is 2. The summed E-state index contributed by atoms with van der Waals surface area (Å²) in [6.45, 7) is 0.956. The van der Waals surface area contributed by atoms with Crippen LogP contribution in [0.3, 0.4) is 0 Å². The summed E-state index contributed by atoms with van der Waals surface area (Å²) in [6, 6.07) is 6.95. The first-order valence-corrected chi connectivity index (χ1v) is 9.78. The van der Waals surface area contributed by atoms with Crippen molar-refractivity contribution >= 4 is 17.5 Å². The zero-order valence-electron chi connectivity index (χ0n) is 15.4. The number of piperidine rings is 1. The van der Waals surface area contributed by atoms with Crippen molar-refractivity contribution in [3.63, 3.8) is 0 Å². The van der Waals surface area contributed by atoms with Gasteiger partial charge in [0.2, 0.25) is 11.8 Å². The molecule has 6 atom stereocenters. The van der Waals surface area contributed by atoms with Crippen LogP contribution in [-0.4, -0.2) is 64.9 Å². The molecule has 0 spiro atoms. The van der Waals surface area contributed by atoms with Gasteiger partial charge in [-0.1, -0.05) is 0 Å². The Morgan fingerprint density at radius 3 is 2.71 bits per heavy atom. The minimum atomic E-state index is -0.735. The van der Waals surface area contributed by atoms with E-state index in [1.165, 1.54) is 12.1 Å². The summed E-state index contributed by atoms with van der Waals surface area (Å²) in [5.41, 5.74) is 6.91. The van der Waals surface area contributed by atoms with Crippen molar-refractivity contribution in [2.45, 2.75) is 49.5 Å². The molecule has 5 rings (SSSR count). The fourth-order valence-electron chi connectivity index (χ4n) is 5.22. The molecule has 8 heteroatoms. The number of hydrogen-bond acceptors (Lipinski definition) is 5. The maximum Gasteiger partial charge on any atom is 0.244 e. The van der Waals surface area contributed by atoms with Crippen molar-refractivity contribution in [2.75, 3.05) is 18.0 Å². The van der Waals surface area contributed by atoms with Gasteiger partial charge in [-0.3, -0.25) is 14.5 Å². The van der Waals surface area contributed by atoms with E-state index in [2.05, 4.69) is 6.07 Å². The second-order valence-electron chi connectivity index (χ2n) is 8.34. The summed E-state index contributed by atoms with van der Waals surface area (Å²) < 4.78 is 13.2. The zero-order valence-corrected chi connectivity index (χ0v) is 15.4. The number of likely N-dealkylation sites (tertiary alicyclic amines) is 2. The molecule has 3 heterocycles. The molecule has 0 aromatic heterocycles. The third-order valence-electron chi connectivity index (χ3n) is 6.63. The molecule has 2 amide bonds. The summed E-state index contributed by atoms with van der Waals surface area (Å²) in [5, 5.41) is 9.30. The quantitative estimate of drug-likeness (QED) is 0.815. The van der Waals surface area contributed by atoms with Crippen LogP contribution in [0.25, 0.3) is 0 Å². The van der Waals surface area contributed by atoms with E-state index in [-0.39, 0.29) is 41.8 Å². The molecule has 28 heavy (non-hydrogen) atoms. The minimum Gasteiger partial charge on any atom is -0.322 e. The Bertz CT molecular complexity index is 868. The fraction of sp³-hybridized carbons (Fsp3) is 0.550. The lowest BCUT2D eigenvalue weighted by atomic mass is 10.1. The molecule has 1 aliphatic carbocycles. The highest BCUT2D eigenvalue weighted by Crippen LogP contribution is 2.47. The molecule has 7 nitrogen and oxygen atoms in total. The Labute approximate surface area is 162 Å². The van der Waals surface area contributed by atoms with Crippen molar-refractivity contribution in [3.05, 3.63) is 30.1 Å². The highest BCUT2D eigenvalue weighted by atomic mass is 19.1. The van der Waals surface area contributed by atoms with Gasteiger partial charge in [0.1, 0.15) is 11.9 Å². The van der Waals surface area contributed by atoms with Crippen LogP contribution in [0.15, 0.2) is 24.3 Å². The van der Waals surface area contributed by atoms with E-state index in [0.29, 0.717) is 31.1 Å². The van der Waals surface area contributed by atoms with Gasteiger partial charge in [-0.25, -0.2) is 4.39 Å². The molecule has 146 valence electrons. The van der Waals surface area contributed by atoms with Crippen LogP contribution in [0.2, 0.25) is 0 Å². The summed E-state index contributed by atoms with van der Waals surface area (Å²) >= 11 is 0. The Hall–Kier alpha value is -2.50. The Morgan fingerprint density at radius 2 is 2.04 bits per heavy atom. The van der Waals surface area contributed by atoms with Crippen LogP contribution in [0.4, 0.5) is 10.1 Å². The summed E-state index contributed by atoms with van der Waals surface area (Å²) in [4.78, 5) is 31.1. The number of hydrogen-bond donors (Lipinski definition) is 1. The molecule has 3 saturated heterocycles. The fourth-order valence-corrected chi connectivity index (χ4v) is 5.22. The SMILES string of the molecule is N#CC1CC2C[C@@H]2N1C(=O)C(N)CN1CC2C[C@H]1C(=O)N2c1ccc(F)cc1. The molecule has 3 aliphatic heterocycles. The molecule has 1 aromatic carbocycles. The number of rotatable bonds is 4. The van der Waals surface area contributed by atoms with Gasteiger partial charge in [0.15, 0.2) is 0 Å². The number of amides is 2. The second kappa shape index (κ2) is 6.26. The number of benzene rings is 1. The van der Waals surface area contributed by atoms with E-state index in [1.807, 2.05) is 4.90 Å². The molecular formula is C20H22FN5O2. The topological polar surface area (TPSA) is 93.7 Å². The van der Waals surface area contributed by atoms with Gasteiger partial charge in [0.25, 0.3) is 0 Å². The van der Waals surface area contributed by atoms with E-state index in [4.69, 9.17) is 5.73 Å². The first-order chi connectivity index (χ1) is 13.5. The number of nitrogens with two attached hydrogens (primary N) is 1. The molecule has 0 radical (unpaired) electrons. The first kappa shape index (κ1) is 17.6. The number of halogens is 1. The van der Waals surface area contributed by atoms with Crippen molar-refractivity contribution in [1.82, 2.24) is 9.80 Å². The predicted octanol–water partition coefficient (Wildman–Crippen LogP) is 0.455. The van der Waals surface area contributed by atoms with E-state index in [9.17, 15) is 19.2 Å². The van der Waals surface area contributed by atoms with Gasteiger partial charge in [-0.15, -0.1) is 0 Å². The van der Waals surface area contributed by atoms with Crippen LogP contribution in [-0.2, 0) is 9.59 Å². The number of nitriles is 1. The van der Waals surface area contributed by atoms with E-state index < -0.39 is 6.04 Å². The molecule has 4 fully saturated rings. The standard InChI is InChI=1S/C20H22FN5O2/c21-12-1-3-13(4-2-12)25-15-7-18(20(25)28)24(9-15)10-16(23)19(27)26-14(8-22)5-11-6-17(11)26/h1-4,11,14-18H,5-7,9-10,23H2/t11?,14?,15?,16?,17-,18-/m0/s1. The Morgan fingerprint density at radius 1 is 1.29 bits per heavy atom. The van der Waals surface area contributed by atoms with Crippen LogP contribution in [0, 0.1) is 23.1 Å². The van der Waals surface area contributed by atoms with Crippen molar-refractivity contribution in [3.8, 4) is 6.07 Å². The lowest BCUT2D eigenvalue weighted by molar-refractivity contribution is -0.135. The van der Waals surface area contributed by atoms with Gasteiger partial charge in [-0.05, 0) is 49.4 Å². The first-order valence-electron chi connectivity index (χ1n) is 9.78. The van der Waals surface area contributed by atoms with Gasteiger partial charge in [0, 0.05) is 24.8 Å². The summed E-state index contributed by atoms with van der Waals surface area (Å²) in [5.74, 6) is -0.0837. The average Bonchev–Trinajstić information content (AvgIpc) is 3.02. The van der Waals surface area contributed by atoms with Gasteiger partial charge in [0.05, 0.1) is 24.2 Å². The van der Waals surface area contributed by atoms with Crippen LogP contribution in [0.5, 0.6) is 0 Å². The maximum absolute atomic E-state index is 13.2. The van der Waals surface area contributed by atoms with Crippen LogP contribution in [0.1, 0.15) is 19.3 Å². The maximum atomic E-state index is 13.2. The number of carbonyl (C=O) groups is 2. The highest BCUT2D eigenvalue weighted by Gasteiger charge is 2.55. The largest absolute Gasteiger partial charge is 0.322 e. The number of piperazine rings is 1. The van der Waals surface area contributed by atoms with Gasteiger partial charge >= 0.3 is 0 Å². The van der Waals surface area contributed by atoms with Gasteiger partial charge < -0.3 is 15.5 Å². The third-order valence-corrected chi connectivity index (χ3v) is 6.63. The smallest absolute Gasteiger partial charge is 0.244 e. The zero-order chi connectivity index (χ0) is 19.6. The number of anilines is 1. The van der Waals surface area contributed by atoms with Crippen LogP contribution >= 0.6 is 0 Å². The number of fused-ring (bicyclic) bond motifs is 3. The van der Waals surface area contributed by atoms with Gasteiger partial charge in [-0.2, -0.15) is 5.26 Å². The second-order valence-corrected chi connectivity index (χ2v) is 8.34. The summed E-state index contributed by atoms with van der Waals surface area (Å²) in [6.07, 6.45) is 2.40. The number of nitrogens with zero attached hydrogens (tertiary/aromatic N) is 4. The van der Waals surface area contributed by atoms with E-state index in [1.54, 1.807) is 21.9 Å². The Balaban J connectivity index is 1.25. The molecular weight excluding hydrogens is 361 g/mol. The molecule has 1 aromatic rings. The lowest BCUT2D eigenvalue weighted by Crippen LogP contribution is -2.57. The highest BCUT2D eigenvalue weighted by molar-refractivity contribution is 6.01. The normalized spacial score (nSPS) is 34.5. The van der Waals surface area contributed by atoms with E-state index >= 15 is 0 Å². The Kier molecular flexibility index (Phi) is 3.93. The lowest BCUT2D eigenvalue weighted by Gasteiger charge is -2.35. The molecule has 2 bridgehead atoms.